The maximum atomic E-state index is 5.04. The summed E-state index contributed by atoms with van der Waals surface area (Å²) < 4.78 is 5.04. The summed E-state index contributed by atoms with van der Waals surface area (Å²) in [6.45, 7) is 5.31. The van der Waals surface area contributed by atoms with Crippen LogP contribution in [0.25, 0.3) is 0 Å². The van der Waals surface area contributed by atoms with E-state index >= 15 is 0 Å². The van der Waals surface area contributed by atoms with Crippen LogP contribution < -0.4 is 16.0 Å². The van der Waals surface area contributed by atoms with Crippen LogP contribution in [0.2, 0.25) is 0 Å². The van der Waals surface area contributed by atoms with E-state index in [0.717, 1.165) is 31.3 Å². The number of aliphatic imine (C=N–C) groups is 1. The van der Waals surface area contributed by atoms with Crippen molar-refractivity contribution in [3.05, 3.63) is 60.2 Å². The highest BCUT2D eigenvalue weighted by molar-refractivity contribution is 8.00. The Morgan fingerprint density at radius 1 is 1.07 bits per heavy atom. The van der Waals surface area contributed by atoms with Gasteiger partial charge in [0.15, 0.2) is 5.96 Å². The Bertz CT molecular complexity index is 676. The summed E-state index contributed by atoms with van der Waals surface area (Å²) in [5.41, 5.74) is 2.31. The fourth-order valence-electron chi connectivity index (χ4n) is 2.46. The molecule has 146 valence electrons. The highest BCUT2D eigenvalue weighted by Crippen LogP contribution is 2.21. The third kappa shape index (κ3) is 8.37. The van der Waals surface area contributed by atoms with Crippen LogP contribution in [0.15, 0.2) is 64.5 Å². The average molecular weight is 387 g/mol. The van der Waals surface area contributed by atoms with Crippen molar-refractivity contribution in [1.29, 1.82) is 0 Å². The number of methoxy groups -OCH3 is 1. The van der Waals surface area contributed by atoms with Crippen molar-refractivity contribution in [3.8, 4) is 0 Å². The zero-order chi connectivity index (χ0) is 19.3. The second-order valence-corrected chi connectivity index (χ2v) is 7.68. The van der Waals surface area contributed by atoms with E-state index in [9.17, 15) is 0 Å². The largest absolute Gasteiger partial charge is 0.383 e. The van der Waals surface area contributed by atoms with Gasteiger partial charge in [-0.15, -0.1) is 11.8 Å². The van der Waals surface area contributed by atoms with Crippen LogP contribution in [-0.2, 0) is 11.3 Å². The van der Waals surface area contributed by atoms with Gasteiger partial charge in [-0.3, -0.25) is 4.99 Å². The second kappa shape index (κ2) is 12.3. The minimum Gasteiger partial charge on any atom is -0.383 e. The number of rotatable bonds is 10. The molecule has 0 saturated heterocycles. The highest BCUT2D eigenvalue weighted by atomic mass is 32.2. The first-order valence-corrected chi connectivity index (χ1v) is 10.1. The molecule has 2 rings (SSSR count). The van der Waals surface area contributed by atoms with Crippen molar-refractivity contribution >= 4 is 23.4 Å². The molecule has 2 aromatic carbocycles. The number of guanidine groups is 1. The molecule has 0 spiro atoms. The second-order valence-electron chi connectivity index (χ2n) is 6.16. The fourth-order valence-corrected chi connectivity index (χ4v) is 3.40. The van der Waals surface area contributed by atoms with E-state index in [0.29, 0.717) is 11.9 Å². The van der Waals surface area contributed by atoms with E-state index in [1.165, 1.54) is 10.5 Å². The lowest BCUT2D eigenvalue weighted by Crippen LogP contribution is -2.39. The van der Waals surface area contributed by atoms with Crippen molar-refractivity contribution in [2.24, 2.45) is 4.99 Å². The van der Waals surface area contributed by atoms with E-state index < -0.39 is 0 Å². The molecular formula is C21H30N4OS. The molecule has 0 radical (unpaired) electrons. The maximum Gasteiger partial charge on any atom is 0.191 e. The van der Waals surface area contributed by atoms with Crippen molar-refractivity contribution in [2.45, 2.75) is 23.6 Å². The number of hydrogen-bond acceptors (Lipinski definition) is 4. The van der Waals surface area contributed by atoms with Gasteiger partial charge in [-0.25, -0.2) is 0 Å². The Hall–Kier alpha value is -2.18. The molecule has 0 aromatic heterocycles. The van der Waals surface area contributed by atoms with Gasteiger partial charge in [0.2, 0.25) is 0 Å². The minimum absolute atomic E-state index is 0.448. The third-order valence-corrected chi connectivity index (χ3v) is 5.02. The molecule has 0 aliphatic rings. The molecule has 0 fully saturated rings. The Balaban J connectivity index is 1.71. The van der Waals surface area contributed by atoms with Crippen LogP contribution in [0.4, 0.5) is 5.69 Å². The van der Waals surface area contributed by atoms with E-state index in [1.807, 2.05) is 17.8 Å². The minimum atomic E-state index is 0.448. The Kier molecular flexibility index (Phi) is 9.58. The van der Waals surface area contributed by atoms with Crippen LogP contribution in [0.1, 0.15) is 12.5 Å². The summed E-state index contributed by atoms with van der Waals surface area (Å²) in [6.07, 6.45) is 0. The molecule has 0 aliphatic carbocycles. The number of nitrogens with zero attached hydrogens (tertiary/aromatic N) is 1. The fraction of sp³-hybridized carbons (Fsp3) is 0.381. The summed E-state index contributed by atoms with van der Waals surface area (Å²) in [7, 11) is 3.51. The first-order chi connectivity index (χ1) is 13.2. The van der Waals surface area contributed by atoms with Crippen LogP contribution in [-0.4, -0.2) is 45.1 Å². The summed E-state index contributed by atoms with van der Waals surface area (Å²) in [4.78, 5) is 5.59. The van der Waals surface area contributed by atoms with E-state index in [-0.39, 0.29) is 0 Å². The number of anilines is 1. The van der Waals surface area contributed by atoms with Crippen molar-refractivity contribution in [1.82, 2.24) is 10.6 Å². The molecule has 0 aliphatic heterocycles. The lowest BCUT2D eigenvalue weighted by atomic mass is 10.2. The van der Waals surface area contributed by atoms with Gasteiger partial charge in [-0.1, -0.05) is 37.3 Å². The molecule has 3 N–H and O–H groups in total. The first kappa shape index (κ1) is 21.1. The molecule has 6 heteroatoms. The number of nitrogens with one attached hydrogen (secondary N) is 3. The molecule has 27 heavy (non-hydrogen) atoms. The van der Waals surface area contributed by atoms with Crippen LogP contribution in [0, 0.1) is 0 Å². The summed E-state index contributed by atoms with van der Waals surface area (Å²) >= 11 is 1.86. The lowest BCUT2D eigenvalue weighted by Gasteiger charge is -2.16. The van der Waals surface area contributed by atoms with Gasteiger partial charge in [-0.2, -0.15) is 0 Å². The molecule has 0 amide bonds. The van der Waals surface area contributed by atoms with E-state index in [4.69, 9.17) is 4.74 Å². The zero-order valence-corrected chi connectivity index (χ0v) is 17.2. The third-order valence-electron chi connectivity index (χ3n) is 3.91. The molecule has 2 aromatic rings. The monoisotopic (exact) mass is 386 g/mol. The van der Waals surface area contributed by atoms with Gasteiger partial charge in [0.25, 0.3) is 0 Å². The van der Waals surface area contributed by atoms with Gasteiger partial charge in [0, 0.05) is 49.6 Å². The highest BCUT2D eigenvalue weighted by Gasteiger charge is 2.06. The average Bonchev–Trinajstić information content (AvgIpc) is 2.70. The standard InChI is InChI=1S/C21H30N4OS/c1-17(27-20-7-5-4-6-8-20)15-24-21(22-2)25-16-18-9-11-19(12-10-18)23-13-14-26-3/h4-12,17,23H,13-16H2,1-3H3,(H2,22,24,25). The number of thioether (sulfide) groups is 1. The van der Waals surface area contributed by atoms with Gasteiger partial charge < -0.3 is 20.7 Å². The Labute approximate surface area is 167 Å². The summed E-state index contributed by atoms with van der Waals surface area (Å²) in [5.74, 6) is 0.817. The SMILES string of the molecule is CN=C(NCc1ccc(NCCOC)cc1)NCC(C)Sc1ccccc1. The van der Waals surface area contributed by atoms with Gasteiger partial charge >= 0.3 is 0 Å². The normalized spacial score (nSPS) is 12.5. The molecule has 1 unspecified atom stereocenters. The van der Waals surface area contributed by atoms with E-state index in [1.54, 1.807) is 14.2 Å². The van der Waals surface area contributed by atoms with Gasteiger partial charge in [-0.05, 0) is 29.8 Å². The predicted octanol–water partition coefficient (Wildman–Crippen LogP) is 3.59. The smallest absolute Gasteiger partial charge is 0.191 e. The summed E-state index contributed by atoms with van der Waals surface area (Å²) in [5, 5.41) is 10.5. The quantitative estimate of drug-likeness (QED) is 0.252. The van der Waals surface area contributed by atoms with Crippen molar-refractivity contribution in [2.75, 3.05) is 39.2 Å². The molecular weight excluding hydrogens is 356 g/mol. The summed E-state index contributed by atoms with van der Waals surface area (Å²) in [6, 6.07) is 18.9. The van der Waals surface area contributed by atoms with Crippen LogP contribution in [0.5, 0.6) is 0 Å². The molecule has 0 heterocycles. The van der Waals surface area contributed by atoms with Gasteiger partial charge in [0.05, 0.1) is 6.61 Å². The van der Waals surface area contributed by atoms with Gasteiger partial charge in [0.1, 0.15) is 0 Å². The Morgan fingerprint density at radius 2 is 1.81 bits per heavy atom. The van der Waals surface area contributed by atoms with Crippen molar-refractivity contribution < 1.29 is 4.74 Å². The van der Waals surface area contributed by atoms with Crippen LogP contribution >= 0.6 is 11.8 Å². The predicted molar refractivity (Wildman–Crippen MR) is 117 cm³/mol. The maximum absolute atomic E-state index is 5.04. The molecule has 1 atom stereocenters. The number of benzene rings is 2. The van der Waals surface area contributed by atoms with Crippen LogP contribution in [0.3, 0.4) is 0 Å². The first-order valence-electron chi connectivity index (χ1n) is 9.19. The van der Waals surface area contributed by atoms with Crippen molar-refractivity contribution in [3.63, 3.8) is 0 Å². The molecule has 0 bridgehead atoms. The Morgan fingerprint density at radius 3 is 2.48 bits per heavy atom. The number of hydrogen-bond donors (Lipinski definition) is 3. The van der Waals surface area contributed by atoms with E-state index in [2.05, 4.69) is 76.4 Å². The lowest BCUT2D eigenvalue weighted by molar-refractivity contribution is 0.211. The number of ether oxygens (including phenoxy) is 1. The topological polar surface area (TPSA) is 57.7 Å². The molecule has 5 nitrogen and oxygen atoms in total. The molecule has 0 saturated carbocycles. The zero-order valence-electron chi connectivity index (χ0n) is 16.4.